The number of hydrogen-bond acceptors (Lipinski definition) is 8. The van der Waals surface area contributed by atoms with E-state index in [1.165, 1.54) is 30.2 Å². The van der Waals surface area contributed by atoms with Crippen molar-refractivity contribution in [2.24, 2.45) is 0 Å². The molecule has 0 aliphatic heterocycles. The SMILES string of the molecule is CCn1c(COc2cccc(C)c2)nnc1SCC(=O)Nc1sc(C)cc1C(=O)OC. The second kappa shape index (κ2) is 10.5. The lowest BCUT2D eigenvalue weighted by Crippen LogP contribution is -2.16. The lowest BCUT2D eigenvalue weighted by Gasteiger charge is -2.09. The van der Waals surface area contributed by atoms with Gasteiger partial charge in [-0.15, -0.1) is 21.5 Å². The Morgan fingerprint density at radius 3 is 2.74 bits per heavy atom. The monoisotopic (exact) mass is 460 g/mol. The summed E-state index contributed by atoms with van der Waals surface area (Å²) in [6.45, 7) is 6.80. The Morgan fingerprint density at radius 2 is 2.03 bits per heavy atom. The second-order valence-corrected chi connectivity index (χ2v) is 8.88. The van der Waals surface area contributed by atoms with Gasteiger partial charge in [0.1, 0.15) is 17.4 Å². The van der Waals surface area contributed by atoms with Gasteiger partial charge in [-0.05, 0) is 44.5 Å². The van der Waals surface area contributed by atoms with Gasteiger partial charge in [-0.25, -0.2) is 4.79 Å². The lowest BCUT2D eigenvalue weighted by atomic mass is 10.2. The van der Waals surface area contributed by atoms with E-state index in [-0.39, 0.29) is 18.3 Å². The molecule has 0 radical (unpaired) electrons. The molecule has 10 heteroatoms. The summed E-state index contributed by atoms with van der Waals surface area (Å²) in [7, 11) is 1.31. The highest BCUT2D eigenvalue weighted by molar-refractivity contribution is 7.99. The molecule has 2 heterocycles. The van der Waals surface area contributed by atoms with Crippen LogP contribution in [0.4, 0.5) is 5.00 Å². The Bertz CT molecular complexity index is 1080. The quantitative estimate of drug-likeness (QED) is 0.380. The maximum absolute atomic E-state index is 12.4. The highest BCUT2D eigenvalue weighted by Crippen LogP contribution is 2.28. The van der Waals surface area contributed by atoms with Crippen LogP contribution < -0.4 is 10.1 Å². The zero-order chi connectivity index (χ0) is 22.4. The van der Waals surface area contributed by atoms with Crippen LogP contribution in [0.15, 0.2) is 35.5 Å². The number of esters is 1. The number of nitrogens with one attached hydrogen (secondary N) is 1. The van der Waals surface area contributed by atoms with Crippen molar-refractivity contribution < 1.29 is 19.1 Å². The summed E-state index contributed by atoms with van der Waals surface area (Å²) >= 11 is 2.61. The molecule has 0 spiro atoms. The number of anilines is 1. The van der Waals surface area contributed by atoms with Gasteiger partial charge in [-0.1, -0.05) is 23.9 Å². The number of nitrogens with zero attached hydrogens (tertiary/aromatic N) is 3. The van der Waals surface area contributed by atoms with Crippen LogP contribution in [-0.2, 0) is 22.7 Å². The zero-order valence-corrected chi connectivity index (χ0v) is 19.4. The maximum Gasteiger partial charge on any atom is 0.340 e. The fourth-order valence-corrected chi connectivity index (χ4v) is 4.60. The Balaban J connectivity index is 1.60. The molecule has 164 valence electrons. The normalized spacial score (nSPS) is 10.7. The molecule has 1 amide bonds. The van der Waals surface area contributed by atoms with Gasteiger partial charge in [-0.3, -0.25) is 4.79 Å². The first kappa shape index (κ1) is 22.8. The van der Waals surface area contributed by atoms with Gasteiger partial charge in [0.15, 0.2) is 11.0 Å². The van der Waals surface area contributed by atoms with Gasteiger partial charge in [0.2, 0.25) is 5.91 Å². The van der Waals surface area contributed by atoms with E-state index >= 15 is 0 Å². The summed E-state index contributed by atoms with van der Waals surface area (Å²) in [5, 5.41) is 12.3. The Hall–Kier alpha value is -2.85. The van der Waals surface area contributed by atoms with Crippen LogP contribution in [0, 0.1) is 13.8 Å². The fraction of sp³-hybridized carbons (Fsp3) is 0.333. The standard InChI is InChI=1S/C21H24N4O4S2/c1-5-25-17(11-29-15-8-6-7-13(2)9-15)23-24-21(25)30-12-18(26)22-19-16(20(27)28-4)10-14(3)31-19/h6-10H,5,11-12H2,1-4H3,(H,22,26). The van der Waals surface area contributed by atoms with Crippen LogP contribution in [0.1, 0.15) is 33.5 Å². The molecule has 2 aromatic heterocycles. The van der Waals surface area contributed by atoms with E-state index < -0.39 is 5.97 Å². The van der Waals surface area contributed by atoms with Crippen LogP contribution in [0.25, 0.3) is 0 Å². The van der Waals surface area contributed by atoms with Gasteiger partial charge in [0.25, 0.3) is 0 Å². The van der Waals surface area contributed by atoms with E-state index in [9.17, 15) is 9.59 Å². The fourth-order valence-electron chi connectivity index (χ4n) is 2.86. The van der Waals surface area contributed by atoms with E-state index in [0.717, 1.165) is 16.2 Å². The van der Waals surface area contributed by atoms with E-state index in [4.69, 9.17) is 9.47 Å². The minimum absolute atomic E-state index is 0.133. The van der Waals surface area contributed by atoms with Crippen molar-refractivity contribution in [3.05, 3.63) is 52.2 Å². The number of ether oxygens (including phenoxy) is 2. The minimum atomic E-state index is -0.476. The van der Waals surface area contributed by atoms with Gasteiger partial charge in [0.05, 0.1) is 18.4 Å². The summed E-state index contributed by atoms with van der Waals surface area (Å²) in [5.74, 6) is 0.881. The van der Waals surface area contributed by atoms with Gasteiger partial charge < -0.3 is 19.4 Å². The van der Waals surface area contributed by atoms with Gasteiger partial charge in [-0.2, -0.15) is 0 Å². The number of methoxy groups -OCH3 is 1. The zero-order valence-electron chi connectivity index (χ0n) is 17.8. The summed E-state index contributed by atoms with van der Waals surface area (Å²) < 4.78 is 12.5. The van der Waals surface area contributed by atoms with E-state index in [1.807, 2.05) is 49.6 Å². The third-order valence-electron chi connectivity index (χ3n) is 4.31. The largest absolute Gasteiger partial charge is 0.486 e. The van der Waals surface area contributed by atoms with Gasteiger partial charge in [0, 0.05) is 11.4 Å². The number of amides is 1. The molecular weight excluding hydrogens is 436 g/mol. The number of benzene rings is 1. The Labute approximate surface area is 189 Å². The second-order valence-electron chi connectivity index (χ2n) is 6.68. The Kier molecular flexibility index (Phi) is 7.69. The number of rotatable bonds is 9. The van der Waals surface area contributed by atoms with Crippen molar-refractivity contribution in [1.29, 1.82) is 0 Å². The molecule has 0 saturated carbocycles. The van der Waals surface area contributed by atoms with Gasteiger partial charge >= 0.3 is 5.97 Å². The number of thioether (sulfide) groups is 1. The highest BCUT2D eigenvalue weighted by atomic mass is 32.2. The highest BCUT2D eigenvalue weighted by Gasteiger charge is 2.18. The van der Waals surface area contributed by atoms with E-state index in [0.29, 0.717) is 28.1 Å². The van der Waals surface area contributed by atoms with Crippen molar-refractivity contribution in [2.45, 2.75) is 39.1 Å². The number of aryl methyl sites for hydroxylation is 2. The average molecular weight is 461 g/mol. The molecular formula is C21H24N4O4S2. The van der Waals surface area contributed by atoms with Crippen LogP contribution in [0.5, 0.6) is 5.75 Å². The molecule has 8 nitrogen and oxygen atoms in total. The molecule has 0 fully saturated rings. The molecule has 0 aliphatic carbocycles. The first-order chi connectivity index (χ1) is 14.9. The van der Waals surface area contributed by atoms with Crippen LogP contribution in [-0.4, -0.2) is 39.5 Å². The lowest BCUT2D eigenvalue weighted by molar-refractivity contribution is -0.113. The molecule has 0 atom stereocenters. The van der Waals surface area contributed by atoms with Crippen LogP contribution in [0.3, 0.4) is 0 Å². The predicted molar refractivity (Wildman–Crippen MR) is 121 cm³/mol. The molecule has 1 aromatic carbocycles. The first-order valence-electron chi connectivity index (χ1n) is 9.64. The summed E-state index contributed by atoms with van der Waals surface area (Å²) in [4.78, 5) is 25.2. The molecule has 0 aliphatic rings. The Morgan fingerprint density at radius 1 is 1.23 bits per heavy atom. The number of thiophene rings is 1. The van der Waals surface area contributed by atoms with Crippen LogP contribution in [0.2, 0.25) is 0 Å². The number of hydrogen-bond donors (Lipinski definition) is 1. The molecule has 3 rings (SSSR count). The van der Waals surface area contributed by atoms with Crippen molar-refractivity contribution in [3.63, 3.8) is 0 Å². The topological polar surface area (TPSA) is 95.3 Å². The summed E-state index contributed by atoms with van der Waals surface area (Å²) in [5.41, 5.74) is 1.48. The first-order valence-corrected chi connectivity index (χ1v) is 11.4. The number of carbonyl (C=O) groups excluding carboxylic acids is 2. The molecule has 3 aromatic rings. The van der Waals surface area contributed by atoms with E-state index in [2.05, 4.69) is 15.5 Å². The van der Waals surface area contributed by atoms with Crippen molar-refractivity contribution in [3.8, 4) is 5.75 Å². The predicted octanol–water partition coefficient (Wildman–Crippen LogP) is 4.07. The average Bonchev–Trinajstić information content (AvgIpc) is 3.32. The van der Waals surface area contributed by atoms with Crippen molar-refractivity contribution in [1.82, 2.24) is 14.8 Å². The number of aromatic nitrogens is 3. The van der Waals surface area contributed by atoms with Crippen LogP contribution >= 0.6 is 23.1 Å². The third kappa shape index (κ3) is 5.86. The smallest absolute Gasteiger partial charge is 0.340 e. The maximum atomic E-state index is 12.4. The molecule has 0 bridgehead atoms. The summed E-state index contributed by atoms with van der Waals surface area (Å²) in [6.07, 6.45) is 0. The van der Waals surface area contributed by atoms with E-state index in [1.54, 1.807) is 6.07 Å². The summed E-state index contributed by atoms with van der Waals surface area (Å²) in [6, 6.07) is 9.51. The molecule has 0 unspecified atom stereocenters. The minimum Gasteiger partial charge on any atom is -0.486 e. The molecule has 1 N–H and O–H groups in total. The van der Waals surface area contributed by atoms with Crippen molar-refractivity contribution in [2.75, 3.05) is 18.2 Å². The number of carbonyl (C=O) groups is 2. The molecule has 0 saturated heterocycles. The van der Waals surface area contributed by atoms with Crippen molar-refractivity contribution >= 4 is 40.0 Å². The third-order valence-corrected chi connectivity index (χ3v) is 6.25. The molecule has 31 heavy (non-hydrogen) atoms.